The van der Waals surface area contributed by atoms with Gasteiger partial charge < -0.3 is 42.8 Å². The number of carbonyl (C=O) groups is 1. The standard InChI is InChI=1S/C30H41NO10/c1-2-39-30-22(7-5-11-32)24(25-21-40-26-8-4-3-6-23(26)28(25)33)20-27(41-30)29(34)31-9-12-35-14-16-37-18-19-38-17-15-36-13-10-31/h3-4,6,8,20-22,24,30,32H,2,5,7,9-19H2,1H3. The Kier molecular flexibility index (Phi) is 12.6. The Balaban J connectivity index is 1.63. The van der Waals surface area contributed by atoms with Crippen molar-refractivity contribution in [1.29, 1.82) is 0 Å². The highest BCUT2D eigenvalue weighted by Crippen LogP contribution is 2.39. The van der Waals surface area contributed by atoms with Crippen molar-refractivity contribution in [3.05, 3.63) is 58.2 Å². The Hall–Kier alpha value is -2.80. The Bertz CT molecular complexity index is 1170. The molecule has 2 aliphatic rings. The summed E-state index contributed by atoms with van der Waals surface area (Å²) in [6.07, 6.45) is 3.37. The molecule has 11 nitrogen and oxygen atoms in total. The van der Waals surface area contributed by atoms with E-state index in [1.165, 1.54) is 6.26 Å². The summed E-state index contributed by atoms with van der Waals surface area (Å²) in [5, 5.41) is 10.0. The van der Waals surface area contributed by atoms with Crippen LogP contribution in [-0.4, -0.2) is 101 Å². The van der Waals surface area contributed by atoms with Crippen LogP contribution in [0.1, 0.15) is 31.2 Å². The predicted octanol–water partition coefficient (Wildman–Crippen LogP) is 2.45. The highest BCUT2D eigenvalue weighted by Gasteiger charge is 2.40. The minimum absolute atomic E-state index is 0.0201. The first kappa shape index (κ1) is 31.1. The van der Waals surface area contributed by atoms with E-state index in [0.717, 1.165) is 0 Å². The topological polar surface area (TPSA) is 126 Å². The number of nitrogens with zero attached hydrogens (tertiary/aromatic N) is 1. The van der Waals surface area contributed by atoms with Gasteiger partial charge >= 0.3 is 0 Å². The van der Waals surface area contributed by atoms with Crippen LogP contribution in [0.25, 0.3) is 11.0 Å². The maximum absolute atomic E-state index is 13.9. The van der Waals surface area contributed by atoms with Crippen molar-refractivity contribution in [3.8, 4) is 0 Å². The maximum atomic E-state index is 13.9. The molecule has 41 heavy (non-hydrogen) atoms. The number of benzene rings is 1. The van der Waals surface area contributed by atoms with Crippen LogP contribution in [0.5, 0.6) is 0 Å². The molecule has 0 aliphatic carbocycles. The molecular formula is C30H41NO10. The average Bonchev–Trinajstić information content (AvgIpc) is 3.00. The summed E-state index contributed by atoms with van der Waals surface area (Å²) >= 11 is 0. The number of ether oxygens (including phenoxy) is 6. The zero-order valence-electron chi connectivity index (χ0n) is 23.7. The molecule has 1 saturated heterocycles. The normalized spacial score (nSPS) is 23.7. The number of amides is 1. The third kappa shape index (κ3) is 8.60. The first-order chi connectivity index (χ1) is 20.1. The van der Waals surface area contributed by atoms with E-state index in [-0.39, 0.29) is 29.6 Å². The molecule has 11 heteroatoms. The van der Waals surface area contributed by atoms with E-state index in [2.05, 4.69) is 0 Å². The second-order valence-corrected chi connectivity index (χ2v) is 9.79. The third-order valence-corrected chi connectivity index (χ3v) is 7.10. The lowest BCUT2D eigenvalue weighted by atomic mass is 9.81. The van der Waals surface area contributed by atoms with Gasteiger partial charge in [-0.2, -0.15) is 0 Å². The second-order valence-electron chi connectivity index (χ2n) is 9.79. The SMILES string of the molecule is CCOC1OC(C(=O)N2CCOCCOCCOCCOCC2)=CC(c2coc3ccccc3c2=O)C1CCCO. The maximum Gasteiger partial charge on any atom is 0.288 e. The summed E-state index contributed by atoms with van der Waals surface area (Å²) in [6, 6.07) is 7.06. The van der Waals surface area contributed by atoms with Gasteiger partial charge in [0.25, 0.3) is 5.91 Å². The quantitative estimate of drug-likeness (QED) is 0.526. The number of fused-ring (bicyclic) bond motifs is 1. The van der Waals surface area contributed by atoms with E-state index in [0.29, 0.717) is 102 Å². The molecule has 4 rings (SSSR count). The molecule has 3 atom stereocenters. The van der Waals surface area contributed by atoms with Gasteiger partial charge in [-0.25, -0.2) is 0 Å². The van der Waals surface area contributed by atoms with E-state index in [1.54, 1.807) is 35.2 Å². The highest BCUT2D eigenvalue weighted by molar-refractivity contribution is 5.92. The lowest BCUT2D eigenvalue weighted by Crippen LogP contribution is -2.43. The van der Waals surface area contributed by atoms with Crippen LogP contribution in [0, 0.1) is 5.92 Å². The fourth-order valence-electron chi connectivity index (χ4n) is 5.02. The van der Waals surface area contributed by atoms with E-state index < -0.39 is 12.2 Å². The van der Waals surface area contributed by atoms with Crippen LogP contribution in [-0.2, 0) is 33.2 Å². The molecule has 0 spiro atoms. The Labute approximate surface area is 239 Å². The summed E-state index contributed by atoms with van der Waals surface area (Å²) in [6.45, 7) is 6.05. The summed E-state index contributed by atoms with van der Waals surface area (Å²) in [7, 11) is 0. The van der Waals surface area contributed by atoms with E-state index in [9.17, 15) is 14.7 Å². The number of allylic oxidation sites excluding steroid dienone is 1. The molecule has 1 aromatic heterocycles. The molecule has 2 aromatic rings. The van der Waals surface area contributed by atoms with Crippen LogP contribution < -0.4 is 5.43 Å². The number of hydrogen-bond acceptors (Lipinski definition) is 10. The van der Waals surface area contributed by atoms with Crippen LogP contribution in [0.3, 0.4) is 0 Å². The van der Waals surface area contributed by atoms with E-state index in [4.69, 9.17) is 32.8 Å². The van der Waals surface area contributed by atoms with Crippen LogP contribution in [0.15, 0.2) is 51.6 Å². The first-order valence-electron chi connectivity index (χ1n) is 14.4. The van der Waals surface area contributed by atoms with Gasteiger partial charge in [-0.15, -0.1) is 0 Å². The molecule has 1 amide bonds. The van der Waals surface area contributed by atoms with Crippen LogP contribution in [0.4, 0.5) is 0 Å². The van der Waals surface area contributed by atoms with Crippen molar-refractivity contribution in [2.24, 2.45) is 5.92 Å². The van der Waals surface area contributed by atoms with Gasteiger partial charge in [0.1, 0.15) is 5.58 Å². The molecule has 3 unspecified atom stereocenters. The summed E-state index contributed by atoms with van der Waals surface area (Å²) in [5.74, 6) is -1.12. The number of rotatable bonds is 7. The molecule has 0 radical (unpaired) electrons. The van der Waals surface area contributed by atoms with Gasteiger partial charge in [0, 0.05) is 43.7 Å². The highest BCUT2D eigenvalue weighted by atomic mass is 16.7. The predicted molar refractivity (Wildman–Crippen MR) is 149 cm³/mol. The Morgan fingerprint density at radius 1 is 0.976 bits per heavy atom. The van der Waals surface area contributed by atoms with Crippen LogP contribution >= 0.6 is 0 Å². The smallest absolute Gasteiger partial charge is 0.288 e. The lowest BCUT2D eigenvalue weighted by molar-refractivity contribution is -0.171. The average molecular weight is 576 g/mol. The number of hydrogen-bond donors (Lipinski definition) is 1. The van der Waals surface area contributed by atoms with Gasteiger partial charge in [0.05, 0.1) is 64.5 Å². The van der Waals surface area contributed by atoms with Crippen molar-refractivity contribution < 1.29 is 42.7 Å². The zero-order chi connectivity index (χ0) is 28.9. The fraction of sp³-hybridized carbons (Fsp3) is 0.600. The Morgan fingerprint density at radius 2 is 1.61 bits per heavy atom. The molecule has 226 valence electrons. The zero-order valence-corrected chi connectivity index (χ0v) is 23.7. The Morgan fingerprint density at radius 3 is 2.24 bits per heavy atom. The minimum Gasteiger partial charge on any atom is -0.464 e. The third-order valence-electron chi connectivity index (χ3n) is 7.10. The molecular weight excluding hydrogens is 534 g/mol. The summed E-state index contributed by atoms with van der Waals surface area (Å²) < 4.78 is 40.3. The van der Waals surface area contributed by atoms with Gasteiger partial charge in [0.2, 0.25) is 6.29 Å². The van der Waals surface area contributed by atoms with Gasteiger partial charge in [0.15, 0.2) is 11.2 Å². The number of aliphatic hydroxyl groups is 1. The van der Waals surface area contributed by atoms with Gasteiger partial charge in [-0.1, -0.05) is 12.1 Å². The molecule has 3 heterocycles. The van der Waals surface area contributed by atoms with Crippen molar-refractivity contribution >= 4 is 16.9 Å². The van der Waals surface area contributed by atoms with Gasteiger partial charge in [-0.05, 0) is 38.0 Å². The fourth-order valence-corrected chi connectivity index (χ4v) is 5.02. The molecule has 2 aliphatic heterocycles. The van der Waals surface area contributed by atoms with Gasteiger partial charge in [-0.3, -0.25) is 9.59 Å². The van der Waals surface area contributed by atoms with E-state index >= 15 is 0 Å². The number of carbonyl (C=O) groups excluding carboxylic acids is 1. The van der Waals surface area contributed by atoms with Crippen molar-refractivity contribution in [3.63, 3.8) is 0 Å². The van der Waals surface area contributed by atoms with Crippen LogP contribution in [0.2, 0.25) is 0 Å². The molecule has 1 N–H and O–H groups in total. The second kappa shape index (κ2) is 16.6. The van der Waals surface area contributed by atoms with E-state index in [1.807, 2.05) is 6.92 Å². The molecule has 1 fully saturated rings. The summed E-state index contributed by atoms with van der Waals surface area (Å²) in [5.41, 5.74) is 0.722. The number of para-hydroxylation sites is 1. The molecule has 0 bridgehead atoms. The first-order valence-corrected chi connectivity index (χ1v) is 14.4. The lowest BCUT2D eigenvalue weighted by Gasteiger charge is -2.37. The number of aliphatic hydroxyl groups excluding tert-OH is 1. The summed E-state index contributed by atoms with van der Waals surface area (Å²) in [4.78, 5) is 29.1. The molecule has 0 saturated carbocycles. The minimum atomic E-state index is -0.795. The van der Waals surface area contributed by atoms with Crippen molar-refractivity contribution in [2.75, 3.05) is 79.2 Å². The van der Waals surface area contributed by atoms with Crippen molar-refractivity contribution in [1.82, 2.24) is 4.90 Å². The monoisotopic (exact) mass is 575 g/mol. The molecule has 1 aromatic carbocycles. The largest absolute Gasteiger partial charge is 0.464 e. The van der Waals surface area contributed by atoms with Crippen molar-refractivity contribution in [2.45, 2.75) is 32.0 Å².